The van der Waals surface area contributed by atoms with E-state index in [1.165, 1.54) is 24.3 Å². The SMILES string of the molecule is COc1cccc(Cc2csc(N3CCC(S(=O)(=O)c4ccc(F)cc4)CC3)n2)c1. The maximum absolute atomic E-state index is 13.1. The lowest BCUT2D eigenvalue weighted by Crippen LogP contribution is -2.39. The fourth-order valence-corrected chi connectivity index (χ4v) is 6.30. The van der Waals surface area contributed by atoms with Crippen LogP contribution >= 0.6 is 11.3 Å². The zero-order valence-electron chi connectivity index (χ0n) is 16.6. The van der Waals surface area contributed by atoms with Gasteiger partial charge in [-0.15, -0.1) is 11.3 Å². The Morgan fingerprint density at radius 3 is 2.60 bits per heavy atom. The van der Waals surface area contributed by atoms with E-state index in [0.717, 1.165) is 28.6 Å². The molecule has 1 aliphatic heterocycles. The molecule has 30 heavy (non-hydrogen) atoms. The summed E-state index contributed by atoms with van der Waals surface area (Å²) in [4.78, 5) is 7.09. The number of nitrogens with zero attached hydrogens (tertiary/aromatic N) is 2. The number of piperidine rings is 1. The molecule has 0 N–H and O–H groups in total. The largest absolute Gasteiger partial charge is 0.497 e. The molecule has 0 unspecified atom stereocenters. The van der Waals surface area contributed by atoms with Crippen molar-refractivity contribution in [3.8, 4) is 5.75 Å². The minimum atomic E-state index is -3.45. The first kappa shape index (κ1) is 20.8. The molecule has 3 aromatic rings. The molecule has 8 heteroatoms. The van der Waals surface area contributed by atoms with Crippen LogP contribution < -0.4 is 9.64 Å². The van der Waals surface area contributed by atoms with Crippen LogP contribution in [0.15, 0.2) is 58.8 Å². The molecule has 1 saturated heterocycles. The number of thiazole rings is 1. The Morgan fingerprint density at radius 2 is 1.90 bits per heavy atom. The van der Waals surface area contributed by atoms with Gasteiger partial charge in [-0.2, -0.15) is 0 Å². The van der Waals surface area contributed by atoms with Crippen molar-refractivity contribution in [1.82, 2.24) is 4.98 Å². The van der Waals surface area contributed by atoms with Crippen molar-refractivity contribution in [2.45, 2.75) is 29.4 Å². The van der Waals surface area contributed by atoms with Crippen molar-refractivity contribution < 1.29 is 17.5 Å². The van der Waals surface area contributed by atoms with Crippen molar-refractivity contribution in [2.75, 3.05) is 25.1 Å². The molecule has 1 fully saturated rings. The van der Waals surface area contributed by atoms with Gasteiger partial charge in [0.05, 0.1) is 22.9 Å². The van der Waals surface area contributed by atoms with E-state index in [9.17, 15) is 12.8 Å². The van der Waals surface area contributed by atoms with Gasteiger partial charge in [-0.05, 0) is 54.8 Å². The molecule has 0 aliphatic carbocycles. The summed E-state index contributed by atoms with van der Waals surface area (Å²) in [6.45, 7) is 1.27. The van der Waals surface area contributed by atoms with Gasteiger partial charge in [-0.3, -0.25) is 0 Å². The Hall–Kier alpha value is -2.45. The maximum Gasteiger partial charge on any atom is 0.185 e. The smallest absolute Gasteiger partial charge is 0.185 e. The summed E-state index contributed by atoms with van der Waals surface area (Å²) < 4.78 is 44.1. The second kappa shape index (κ2) is 8.73. The molecular formula is C22H23FN2O3S2. The minimum Gasteiger partial charge on any atom is -0.497 e. The van der Waals surface area contributed by atoms with Crippen LogP contribution in [-0.2, 0) is 16.3 Å². The summed E-state index contributed by atoms with van der Waals surface area (Å²) in [5.41, 5.74) is 2.12. The number of ether oxygens (including phenoxy) is 1. The molecule has 4 rings (SSSR count). The van der Waals surface area contributed by atoms with Gasteiger partial charge in [0, 0.05) is 24.9 Å². The minimum absolute atomic E-state index is 0.192. The topological polar surface area (TPSA) is 59.5 Å². The summed E-state index contributed by atoms with van der Waals surface area (Å²) >= 11 is 1.58. The number of anilines is 1. The van der Waals surface area contributed by atoms with E-state index in [2.05, 4.69) is 10.3 Å². The molecule has 2 aromatic carbocycles. The highest BCUT2D eigenvalue weighted by molar-refractivity contribution is 7.92. The van der Waals surface area contributed by atoms with Crippen molar-refractivity contribution >= 4 is 26.3 Å². The van der Waals surface area contributed by atoms with Crippen molar-refractivity contribution in [1.29, 1.82) is 0 Å². The molecule has 158 valence electrons. The highest BCUT2D eigenvalue weighted by Gasteiger charge is 2.32. The van der Waals surface area contributed by atoms with E-state index in [0.29, 0.717) is 25.9 Å². The summed E-state index contributed by atoms with van der Waals surface area (Å²) in [7, 11) is -1.80. The van der Waals surface area contributed by atoms with E-state index in [-0.39, 0.29) is 4.90 Å². The van der Waals surface area contributed by atoms with E-state index < -0.39 is 20.9 Å². The zero-order valence-corrected chi connectivity index (χ0v) is 18.3. The summed E-state index contributed by atoms with van der Waals surface area (Å²) in [5, 5.41) is 2.52. The second-order valence-electron chi connectivity index (χ2n) is 7.34. The monoisotopic (exact) mass is 446 g/mol. The fourth-order valence-electron chi connectivity index (χ4n) is 3.69. The maximum atomic E-state index is 13.1. The fraction of sp³-hybridized carbons (Fsp3) is 0.318. The van der Waals surface area contributed by atoms with Crippen molar-refractivity contribution in [3.05, 3.63) is 71.0 Å². The van der Waals surface area contributed by atoms with Gasteiger partial charge in [0.25, 0.3) is 0 Å². The molecule has 2 heterocycles. The Morgan fingerprint density at radius 1 is 1.17 bits per heavy atom. The molecule has 0 saturated carbocycles. The number of hydrogen-bond acceptors (Lipinski definition) is 6. The van der Waals surface area contributed by atoms with Crippen molar-refractivity contribution in [2.24, 2.45) is 0 Å². The van der Waals surface area contributed by atoms with Crippen LogP contribution in [0.4, 0.5) is 9.52 Å². The first-order valence-electron chi connectivity index (χ1n) is 9.77. The van der Waals surface area contributed by atoms with Gasteiger partial charge in [0.15, 0.2) is 15.0 Å². The van der Waals surface area contributed by atoms with Crippen LogP contribution in [0.2, 0.25) is 0 Å². The van der Waals surface area contributed by atoms with Gasteiger partial charge < -0.3 is 9.64 Å². The predicted octanol–water partition coefficient (Wildman–Crippen LogP) is 4.32. The predicted molar refractivity (Wildman–Crippen MR) is 117 cm³/mol. The van der Waals surface area contributed by atoms with Crippen LogP contribution in [0.5, 0.6) is 5.75 Å². The van der Waals surface area contributed by atoms with Crippen LogP contribution in [0.25, 0.3) is 0 Å². The third-order valence-corrected chi connectivity index (χ3v) is 8.58. The zero-order chi connectivity index (χ0) is 21.1. The molecule has 0 atom stereocenters. The normalized spacial score (nSPS) is 15.3. The van der Waals surface area contributed by atoms with E-state index >= 15 is 0 Å². The third kappa shape index (κ3) is 4.49. The Labute approximate surface area is 180 Å². The number of benzene rings is 2. The van der Waals surface area contributed by atoms with E-state index in [1.54, 1.807) is 18.4 Å². The van der Waals surface area contributed by atoms with E-state index in [1.807, 2.05) is 24.3 Å². The lowest BCUT2D eigenvalue weighted by atomic mass is 10.1. The highest BCUT2D eigenvalue weighted by atomic mass is 32.2. The van der Waals surface area contributed by atoms with Crippen LogP contribution in [0.3, 0.4) is 0 Å². The number of aromatic nitrogens is 1. The lowest BCUT2D eigenvalue weighted by Gasteiger charge is -2.31. The molecule has 1 aromatic heterocycles. The molecule has 0 amide bonds. The third-order valence-electron chi connectivity index (χ3n) is 5.35. The number of halogens is 1. The number of sulfone groups is 1. The van der Waals surface area contributed by atoms with Crippen molar-refractivity contribution in [3.63, 3.8) is 0 Å². The lowest BCUT2D eigenvalue weighted by molar-refractivity contribution is 0.414. The molecule has 0 radical (unpaired) electrons. The Balaban J connectivity index is 1.39. The van der Waals surface area contributed by atoms with Gasteiger partial charge in [-0.1, -0.05) is 12.1 Å². The van der Waals surface area contributed by atoms with Crippen LogP contribution in [0, 0.1) is 5.82 Å². The van der Waals surface area contributed by atoms with Gasteiger partial charge in [-0.25, -0.2) is 17.8 Å². The molecule has 0 bridgehead atoms. The number of rotatable bonds is 6. The van der Waals surface area contributed by atoms with Gasteiger partial charge >= 0.3 is 0 Å². The molecule has 1 aliphatic rings. The average Bonchev–Trinajstić information content (AvgIpc) is 3.23. The summed E-state index contributed by atoms with van der Waals surface area (Å²) in [6, 6.07) is 13.0. The Bertz CT molecular complexity index is 1110. The molecular weight excluding hydrogens is 423 g/mol. The number of methoxy groups -OCH3 is 1. The van der Waals surface area contributed by atoms with Crippen LogP contribution in [0.1, 0.15) is 24.1 Å². The van der Waals surface area contributed by atoms with Gasteiger partial charge in [0.2, 0.25) is 0 Å². The first-order chi connectivity index (χ1) is 14.5. The second-order valence-corrected chi connectivity index (χ2v) is 10.4. The summed E-state index contributed by atoms with van der Waals surface area (Å²) in [5.74, 6) is 0.393. The first-order valence-corrected chi connectivity index (χ1v) is 12.2. The quantitative estimate of drug-likeness (QED) is 0.528. The molecule has 5 nitrogen and oxygen atoms in total. The number of hydrogen-bond donors (Lipinski definition) is 0. The Kier molecular flexibility index (Phi) is 6.06. The van der Waals surface area contributed by atoms with Crippen LogP contribution in [-0.4, -0.2) is 38.9 Å². The highest BCUT2D eigenvalue weighted by Crippen LogP contribution is 2.30. The summed E-state index contributed by atoms with van der Waals surface area (Å²) in [6.07, 6.45) is 1.79. The average molecular weight is 447 g/mol. The standard InChI is InChI=1S/C22H23FN2O3S2/c1-28-19-4-2-3-16(14-19)13-18-15-29-22(24-18)25-11-9-21(10-12-25)30(26,27)20-7-5-17(23)6-8-20/h2-8,14-15,21H,9-13H2,1H3. The molecule has 0 spiro atoms. The van der Waals surface area contributed by atoms with Gasteiger partial charge in [0.1, 0.15) is 11.6 Å². The van der Waals surface area contributed by atoms with E-state index in [4.69, 9.17) is 9.72 Å².